The van der Waals surface area contributed by atoms with Crippen molar-refractivity contribution >= 4 is 23.1 Å². The predicted octanol–water partition coefficient (Wildman–Crippen LogP) is 2.41. The molecule has 0 saturated heterocycles. The molecule has 0 aliphatic rings. The summed E-state index contributed by atoms with van der Waals surface area (Å²) in [5.74, 6) is 0.201. The van der Waals surface area contributed by atoms with Crippen molar-refractivity contribution in [2.75, 3.05) is 5.73 Å². The molecule has 2 N–H and O–H groups in total. The Kier molecular flexibility index (Phi) is 3.24. The highest BCUT2D eigenvalue weighted by Crippen LogP contribution is 2.32. The van der Waals surface area contributed by atoms with Crippen molar-refractivity contribution in [3.8, 4) is 11.8 Å². The number of rotatable bonds is 3. The second-order valence-corrected chi connectivity index (χ2v) is 3.67. The fraction of sp³-hybridized carbons (Fsp3) is 0. The predicted molar refractivity (Wildman–Crippen MR) is 64.6 cm³/mol. The second kappa shape index (κ2) is 4.84. The molecule has 0 aliphatic heterocycles. The van der Waals surface area contributed by atoms with Crippen molar-refractivity contribution in [2.45, 2.75) is 0 Å². The van der Waals surface area contributed by atoms with Gasteiger partial charge in [0, 0.05) is 17.3 Å². The molecule has 1 aromatic heterocycles. The van der Waals surface area contributed by atoms with Gasteiger partial charge in [-0.15, -0.1) is 0 Å². The van der Waals surface area contributed by atoms with E-state index in [9.17, 15) is 10.1 Å². The minimum atomic E-state index is -0.604. The molecule has 2 rings (SSSR count). The molecular weight excluding hydrogens is 260 g/mol. The number of nitro groups is 1. The van der Waals surface area contributed by atoms with E-state index in [1.807, 2.05) is 0 Å². The number of benzene rings is 1. The van der Waals surface area contributed by atoms with Crippen LogP contribution in [-0.2, 0) is 0 Å². The number of anilines is 1. The smallest absolute Gasteiger partial charge is 0.324 e. The number of nitrogens with zero attached hydrogens (tertiary/aromatic N) is 3. The first-order valence-corrected chi connectivity index (χ1v) is 5.14. The van der Waals surface area contributed by atoms with E-state index in [0.717, 1.165) is 0 Å². The molecule has 0 bridgehead atoms. The van der Waals surface area contributed by atoms with Gasteiger partial charge in [-0.3, -0.25) is 10.1 Å². The Morgan fingerprint density at radius 1 is 1.39 bits per heavy atom. The summed E-state index contributed by atoms with van der Waals surface area (Å²) in [7, 11) is 0. The van der Waals surface area contributed by atoms with Gasteiger partial charge < -0.3 is 10.5 Å². The van der Waals surface area contributed by atoms with E-state index in [1.165, 1.54) is 30.5 Å². The Bertz CT molecular complexity index is 605. The largest absolute Gasteiger partial charge is 0.417 e. The number of halogens is 1. The Balaban J connectivity index is 2.37. The first-order chi connectivity index (χ1) is 8.56. The molecule has 0 spiro atoms. The number of nitrogens with two attached hydrogens (primary N) is 1. The molecule has 0 radical (unpaired) electrons. The summed E-state index contributed by atoms with van der Waals surface area (Å²) in [6, 6.07) is 5.43. The van der Waals surface area contributed by atoms with E-state index in [0.29, 0.717) is 0 Å². The lowest BCUT2D eigenvalue weighted by atomic mass is 10.3. The van der Waals surface area contributed by atoms with E-state index < -0.39 is 4.92 Å². The van der Waals surface area contributed by atoms with Crippen LogP contribution in [0.25, 0.3) is 0 Å². The number of ether oxygens (including phenoxy) is 1. The van der Waals surface area contributed by atoms with Crippen molar-refractivity contribution in [2.24, 2.45) is 0 Å². The first-order valence-electron chi connectivity index (χ1n) is 4.76. The molecular formula is C10H7ClN4O3. The standard InChI is InChI=1S/C10H7ClN4O3/c11-6-1-2-8(7(5-6)15(16)17)18-10-13-4-3-9(12)14-10/h1-5H,(H2,12,13,14). The van der Waals surface area contributed by atoms with Crippen LogP contribution in [0, 0.1) is 10.1 Å². The minimum Gasteiger partial charge on any atom is -0.417 e. The zero-order chi connectivity index (χ0) is 13.1. The lowest BCUT2D eigenvalue weighted by Gasteiger charge is -2.04. The van der Waals surface area contributed by atoms with Crippen LogP contribution in [0.5, 0.6) is 11.8 Å². The van der Waals surface area contributed by atoms with Gasteiger partial charge in [-0.1, -0.05) is 11.6 Å². The van der Waals surface area contributed by atoms with Gasteiger partial charge in [0.15, 0.2) is 0 Å². The Hall–Kier alpha value is -2.41. The van der Waals surface area contributed by atoms with Gasteiger partial charge in [0.05, 0.1) is 4.92 Å². The van der Waals surface area contributed by atoms with Gasteiger partial charge in [-0.05, 0) is 18.2 Å². The first kappa shape index (κ1) is 12.1. The van der Waals surface area contributed by atoms with Crippen molar-refractivity contribution in [1.29, 1.82) is 0 Å². The summed E-state index contributed by atoms with van der Waals surface area (Å²) in [6.07, 6.45) is 1.39. The van der Waals surface area contributed by atoms with Crippen LogP contribution >= 0.6 is 11.6 Å². The highest BCUT2D eigenvalue weighted by atomic mass is 35.5. The Morgan fingerprint density at radius 3 is 2.83 bits per heavy atom. The van der Waals surface area contributed by atoms with Crippen molar-refractivity contribution < 1.29 is 9.66 Å². The fourth-order valence-electron chi connectivity index (χ4n) is 1.22. The molecule has 0 aliphatic carbocycles. The number of hydrogen-bond donors (Lipinski definition) is 1. The third-order valence-electron chi connectivity index (χ3n) is 1.97. The van der Waals surface area contributed by atoms with E-state index >= 15 is 0 Å². The van der Waals surface area contributed by atoms with E-state index in [1.54, 1.807) is 0 Å². The summed E-state index contributed by atoms with van der Waals surface area (Å²) < 4.78 is 5.20. The number of nitrogen functional groups attached to an aromatic ring is 1. The van der Waals surface area contributed by atoms with Crippen LogP contribution in [0.15, 0.2) is 30.5 Å². The van der Waals surface area contributed by atoms with Crippen LogP contribution in [0.4, 0.5) is 11.5 Å². The van der Waals surface area contributed by atoms with Crippen LogP contribution < -0.4 is 10.5 Å². The maximum atomic E-state index is 10.8. The zero-order valence-corrected chi connectivity index (χ0v) is 9.66. The number of aromatic nitrogens is 2. The van der Waals surface area contributed by atoms with Crippen molar-refractivity contribution in [3.05, 3.63) is 45.6 Å². The zero-order valence-electron chi connectivity index (χ0n) is 8.91. The normalized spacial score (nSPS) is 10.1. The minimum absolute atomic E-state index is 0.00463. The third kappa shape index (κ3) is 2.64. The lowest BCUT2D eigenvalue weighted by Crippen LogP contribution is -1.98. The summed E-state index contributed by atoms with van der Waals surface area (Å²) in [4.78, 5) is 17.8. The highest BCUT2D eigenvalue weighted by Gasteiger charge is 2.17. The summed E-state index contributed by atoms with van der Waals surface area (Å²) in [5, 5.41) is 11.1. The Morgan fingerprint density at radius 2 is 2.17 bits per heavy atom. The molecule has 7 nitrogen and oxygen atoms in total. The van der Waals surface area contributed by atoms with E-state index in [2.05, 4.69) is 9.97 Å². The maximum absolute atomic E-state index is 10.8. The van der Waals surface area contributed by atoms with Crippen LogP contribution in [0.2, 0.25) is 5.02 Å². The molecule has 0 atom stereocenters. The van der Waals surface area contributed by atoms with Gasteiger partial charge in [-0.2, -0.15) is 4.98 Å². The van der Waals surface area contributed by atoms with Gasteiger partial charge >= 0.3 is 11.7 Å². The molecule has 8 heteroatoms. The van der Waals surface area contributed by atoms with Crippen molar-refractivity contribution in [3.63, 3.8) is 0 Å². The van der Waals surface area contributed by atoms with E-state index in [4.69, 9.17) is 22.1 Å². The molecule has 92 valence electrons. The highest BCUT2D eigenvalue weighted by molar-refractivity contribution is 6.30. The maximum Gasteiger partial charge on any atom is 0.324 e. The number of nitro benzene ring substituents is 1. The fourth-order valence-corrected chi connectivity index (χ4v) is 1.39. The second-order valence-electron chi connectivity index (χ2n) is 3.24. The third-order valence-corrected chi connectivity index (χ3v) is 2.21. The molecule has 2 aromatic rings. The molecule has 0 amide bonds. The molecule has 1 aromatic carbocycles. The van der Waals surface area contributed by atoms with Crippen LogP contribution in [0.3, 0.4) is 0 Å². The van der Waals surface area contributed by atoms with Gasteiger partial charge in [-0.25, -0.2) is 4.98 Å². The molecule has 0 saturated carbocycles. The molecule has 18 heavy (non-hydrogen) atoms. The lowest BCUT2D eigenvalue weighted by molar-refractivity contribution is -0.385. The Labute approximate surface area is 106 Å². The monoisotopic (exact) mass is 266 g/mol. The van der Waals surface area contributed by atoms with E-state index in [-0.39, 0.29) is 28.3 Å². The average Bonchev–Trinajstić information content (AvgIpc) is 2.31. The van der Waals surface area contributed by atoms with Crippen LogP contribution in [0.1, 0.15) is 0 Å². The average molecular weight is 267 g/mol. The summed E-state index contributed by atoms with van der Waals surface area (Å²) in [6.45, 7) is 0. The van der Waals surface area contributed by atoms with Gasteiger partial charge in [0.25, 0.3) is 0 Å². The van der Waals surface area contributed by atoms with Crippen molar-refractivity contribution in [1.82, 2.24) is 9.97 Å². The number of hydrogen-bond acceptors (Lipinski definition) is 6. The summed E-state index contributed by atoms with van der Waals surface area (Å²) in [5.41, 5.74) is 5.18. The topological polar surface area (TPSA) is 104 Å². The quantitative estimate of drug-likeness (QED) is 0.676. The SMILES string of the molecule is Nc1ccnc(Oc2ccc(Cl)cc2[N+](=O)[O-])n1. The molecule has 1 heterocycles. The summed E-state index contributed by atoms with van der Waals surface area (Å²) >= 11 is 5.68. The van der Waals surface area contributed by atoms with Crippen LogP contribution in [-0.4, -0.2) is 14.9 Å². The van der Waals surface area contributed by atoms with Gasteiger partial charge in [0.2, 0.25) is 5.75 Å². The molecule has 0 fully saturated rings. The van der Waals surface area contributed by atoms with Gasteiger partial charge in [0.1, 0.15) is 5.82 Å². The molecule has 0 unspecified atom stereocenters.